The van der Waals surface area contributed by atoms with Gasteiger partial charge in [0.15, 0.2) is 5.82 Å². The molecule has 1 rings (SSSR count). The van der Waals surface area contributed by atoms with Crippen LogP contribution in [0.4, 0.5) is 23.4 Å². The van der Waals surface area contributed by atoms with Crippen molar-refractivity contribution in [1.29, 1.82) is 0 Å². The summed E-state index contributed by atoms with van der Waals surface area (Å²) < 4.78 is 54.7. The van der Waals surface area contributed by atoms with Gasteiger partial charge in [0, 0.05) is 5.41 Å². The molecule has 0 amide bonds. The Hall–Kier alpha value is -0.710. The average Bonchev–Trinajstić information content (AvgIpc) is 2.31. The minimum atomic E-state index is -4.19. The Morgan fingerprint density at radius 3 is 2.29 bits per heavy atom. The highest BCUT2D eigenvalue weighted by atomic mass is 127. The normalized spacial score (nSPS) is 13.0. The molecule has 120 valence electrons. The summed E-state index contributed by atoms with van der Waals surface area (Å²) in [5.74, 6) is -3.90. The third-order valence-electron chi connectivity index (χ3n) is 2.48. The van der Waals surface area contributed by atoms with Crippen molar-refractivity contribution in [1.82, 2.24) is 9.97 Å². The van der Waals surface area contributed by atoms with Gasteiger partial charge in [-0.2, -0.15) is 8.78 Å². The Morgan fingerprint density at radius 2 is 1.81 bits per heavy atom. The van der Waals surface area contributed by atoms with Gasteiger partial charge in [-0.3, -0.25) is 0 Å². The van der Waals surface area contributed by atoms with Gasteiger partial charge >= 0.3 is 12.3 Å². The zero-order valence-corrected chi connectivity index (χ0v) is 13.9. The predicted molar refractivity (Wildman–Crippen MR) is 78.5 cm³/mol. The van der Waals surface area contributed by atoms with Crippen LogP contribution < -0.4 is 5.73 Å². The number of anilines is 1. The maximum absolute atomic E-state index is 12.7. The van der Waals surface area contributed by atoms with E-state index in [9.17, 15) is 17.6 Å². The summed E-state index contributed by atoms with van der Waals surface area (Å²) in [6.45, 7) is 3.92. The summed E-state index contributed by atoms with van der Waals surface area (Å²) in [5.41, 5.74) is 6.07. The van der Waals surface area contributed by atoms with Gasteiger partial charge in [-0.15, -0.1) is 0 Å². The Labute approximate surface area is 133 Å². The van der Waals surface area contributed by atoms with E-state index in [-0.39, 0.29) is 17.1 Å². The van der Waals surface area contributed by atoms with E-state index in [1.165, 1.54) is 0 Å². The van der Waals surface area contributed by atoms with Crippen LogP contribution in [0.5, 0.6) is 0 Å². The number of nitrogen functional groups attached to an aromatic ring is 1. The monoisotopic (exact) mass is 421 g/mol. The fourth-order valence-corrected chi connectivity index (χ4v) is 2.47. The molecule has 0 saturated heterocycles. The molecular formula is C12H16F4IN3O. The van der Waals surface area contributed by atoms with E-state index in [2.05, 4.69) is 14.7 Å². The number of nitrogens with zero attached hydrogens (tertiary/aromatic N) is 2. The largest absolute Gasteiger partial charge is 0.383 e. The SMILES string of the molecule is CC(C)(C)c1nc(COCC(F)(F)C(F)F)nc(N)c1I. The topological polar surface area (TPSA) is 61.0 Å². The number of rotatable bonds is 5. The lowest BCUT2D eigenvalue weighted by molar-refractivity contribution is -0.168. The molecule has 0 aliphatic carbocycles. The summed E-state index contributed by atoms with van der Waals surface area (Å²) in [7, 11) is 0. The fraction of sp³-hybridized carbons (Fsp3) is 0.667. The van der Waals surface area contributed by atoms with Crippen molar-refractivity contribution in [3.8, 4) is 0 Å². The van der Waals surface area contributed by atoms with Gasteiger partial charge < -0.3 is 10.5 Å². The number of hydrogen-bond acceptors (Lipinski definition) is 4. The van der Waals surface area contributed by atoms with Crippen LogP contribution in [0.25, 0.3) is 0 Å². The maximum Gasteiger partial charge on any atom is 0.330 e. The molecule has 9 heteroatoms. The van der Waals surface area contributed by atoms with Crippen molar-refractivity contribution in [2.45, 2.75) is 45.1 Å². The van der Waals surface area contributed by atoms with Crippen molar-refractivity contribution in [3.63, 3.8) is 0 Å². The molecule has 0 spiro atoms. The van der Waals surface area contributed by atoms with Gasteiger partial charge in [0.05, 0.1) is 9.26 Å². The quantitative estimate of drug-likeness (QED) is 0.585. The molecule has 0 aromatic carbocycles. The van der Waals surface area contributed by atoms with Crippen LogP contribution >= 0.6 is 22.6 Å². The Morgan fingerprint density at radius 1 is 1.24 bits per heavy atom. The molecule has 0 radical (unpaired) electrons. The molecule has 0 bridgehead atoms. The molecule has 0 fully saturated rings. The lowest BCUT2D eigenvalue weighted by atomic mass is 9.92. The third kappa shape index (κ3) is 4.90. The average molecular weight is 421 g/mol. The predicted octanol–water partition coefficient (Wildman–Crippen LogP) is 3.38. The number of aromatic nitrogens is 2. The first-order chi connectivity index (χ1) is 9.45. The van der Waals surface area contributed by atoms with Crippen LogP contribution in [-0.2, 0) is 16.8 Å². The smallest absolute Gasteiger partial charge is 0.330 e. The molecule has 1 heterocycles. The molecule has 0 aliphatic heterocycles. The molecule has 0 aliphatic rings. The minimum absolute atomic E-state index is 0.0860. The summed E-state index contributed by atoms with van der Waals surface area (Å²) in [5, 5.41) is 0. The summed E-state index contributed by atoms with van der Waals surface area (Å²) in [4.78, 5) is 8.13. The number of hydrogen-bond donors (Lipinski definition) is 1. The maximum atomic E-state index is 12.7. The summed E-state index contributed by atoms with van der Waals surface area (Å²) in [6.07, 6.45) is -3.77. The van der Waals surface area contributed by atoms with E-state index in [1.807, 2.05) is 43.4 Å². The van der Waals surface area contributed by atoms with Crippen LogP contribution in [0, 0.1) is 3.57 Å². The Kier molecular flexibility index (Phi) is 5.76. The van der Waals surface area contributed by atoms with E-state index in [4.69, 9.17) is 5.73 Å². The fourth-order valence-electron chi connectivity index (χ4n) is 1.42. The highest BCUT2D eigenvalue weighted by Gasteiger charge is 2.41. The lowest BCUT2D eigenvalue weighted by Gasteiger charge is -2.21. The minimum Gasteiger partial charge on any atom is -0.383 e. The number of alkyl halides is 4. The summed E-state index contributed by atoms with van der Waals surface area (Å²) >= 11 is 2.00. The standard InChI is InChI=1S/C12H16F4IN3O/c1-11(2,3)8-7(17)9(18)20-6(19-8)4-21-5-12(15,16)10(13)14/h10H,4-5H2,1-3H3,(H2,18,19,20). The van der Waals surface area contributed by atoms with E-state index in [0.717, 1.165) is 0 Å². The van der Waals surface area contributed by atoms with Gasteiger partial charge in [-0.1, -0.05) is 20.8 Å². The van der Waals surface area contributed by atoms with Crippen LogP contribution in [0.15, 0.2) is 0 Å². The molecule has 1 aromatic heterocycles. The first kappa shape index (κ1) is 18.3. The first-order valence-electron chi connectivity index (χ1n) is 6.01. The van der Waals surface area contributed by atoms with E-state index < -0.39 is 25.6 Å². The molecule has 0 atom stereocenters. The van der Waals surface area contributed by atoms with Crippen LogP contribution in [0.2, 0.25) is 0 Å². The second-order valence-corrected chi connectivity index (χ2v) is 6.57. The van der Waals surface area contributed by atoms with Crippen LogP contribution in [0.3, 0.4) is 0 Å². The molecule has 21 heavy (non-hydrogen) atoms. The molecular weight excluding hydrogens is 405 g/mol. The molecule has 2 N–H and O–H groups in total. The van der Waals surface area contributed by atoms with Gasteiger partial charge in [0.25, 0.3) is 0 Å². The zero-order chi connectivity index (χ0) is 16.4. The number of ether oxygens (including phenoxy) is 1. The van der Waals surface area contributed by atoms with Crippen molar-refractivity contribution in [2.24, 2.45) is 0 Å². The van der Waals surface area contributed by atoms with Gasteiger partial charge in [0.2, 0.25) is 0 Å². The van der Waals surface area contributed by atoms with Crippen LogP contribution in [0.1, 0.15) is 32.3 Å². The molecule has 0 unspecified atom stereocenters. The molecule has 4 nitrogen and oxygen atoms in total. The van der Waals surface area contributed by atoms with Crippen molar-refractivity contribution in [2.75, 3.05) is 12.3 Å². The van der Waals surface area contributed by atoms with Crippen LogP contribution in [-0.4, -0.2) is 28.9 Å². The van der Waals surface area contributed by atoms with Gasteiger partial charge in [-0.25, -0.2) is 18.7 Å². The lowest BCUT2D eigenvalue weighted by Crippen LogP contribution is -2.32. The highest BCUT2D eigenvalue weighted by molar-refractivity contribution is 14.1. The van der Waals surface area contributed by atoms with E-state index in [1.54, 1.807) is 0 Å². The summed E-state index contributed by atoms with van der Waals surface area (Å²) in [6, 6.07) is 0. The molecule has 0 saturated carbocycles. The van der Waals surface area contributed by atoms with Crippen molar-refractivity contribution in [3.05, 3.63) is 15.1 Å². The van der Waals surface area contributed by atoms with Crippen molar-refractivity contribution < 1.29 is 22.3 Å². The zero-order valence-electron chi connectivity index (χ0n) is 11.8. The Balaban J connectivity index is 2.84. The van der Waals surface area contributed by atoms with Gasteiger partial charge in [-0.05, 0) is 22.6 Å². The second-order valence-electron chi connectivity index (χ2n) is 5.49. The van der Waals surface area contributed by atoms with Gasteiger partial charge in [0.1, 0.15) is 19.0 Å². The highest BCUT2D eigenvalue weighted by Crippen LogP contribution is 2.28. The van der Waals surface area contributed by atoms with E-state index >= 15 is 0 Å². The molecule has 1 aromatic rings. The number of nitrogens with two attached hydrogens (primary N) is 1. The third-order valence-corrected chi connectivity index (χ3v) is 3.54. The second kappa shape index (κ2) is 6.59. The van der Waals surface area contributed by atoms with E-state index in [0.29, 0.717) is 9.26 Å². The Bertz CT molecular complexity index is 506. The number of halogens is 5. The first-order valence-corrected chi connectivity index (χ1v) is 7.09. The van der Waals surface area contributed by atoms with Crippen molar-refractivity contribution >= 4 is 28.4 Å².